The van der Waals surface area contributed by atoms with Crippen molar-refractivity contribution in [2.45, 2.75) is 44.6 Å². The first kappa shape index (κ1) is 17.0. The van der Waals surface area contributed by atoms with E-state index in [9.17, 15) is 4.79 Å². The molecule has 4 heterocycles. The van der Waals surface area contributed by atoms with Crippen LogP contribution in [0.4, 0.5) is 0 Å². The highest BCUT2D eigenvalue weighted by Crippen LogP contribution is 2.43. The minimum atomic E-state index is 0.180. The molecule has 3 fully saturated rings. The van der Waals surface area contributed by atoms with Crippen molar-refractivity contribution >= 4 is 5.91 Å². The van der Waals surface area contributed by atoms with Crippen molar-refractivity contribution < 1.29 is 14.3 Å². The van der Waals surface area contributed by atoms with Crippen molar-refractivity contribution in [2.75, 3.05) is 32.9 Å². The van der Waals surface area contributed by atoms with E-state index in [-0.39, 0.29) is 17.4 Å². The van der Waals surface area contributed by atoms with Gasteiger partial charge in [-0.3, -0.25) is 9.78 Å². The molecule has 1 aromatic heterocycles. The molecule has 0 N–H and O–H groups in total. The van der Waals surface area contributed by atoms with Gasteiger partial charge in [0.1, 0.15) is 0 Å². The van der Waals surface area contributed by atoms with Gasteiger partial charge in [0.2, 0.25) is 5.91 Å². The Hall–Kier alpha value is -1.46. The predicted molar refractivity (Wildman–Crippen MR) is 94.1 cm³/mol. The molecule has 5 nitrogen and oxygen atoms in total. The molecule has 3 saturated heterocycles. The van der Waals surface area contributed by atoms with E-state index in [0.717, 1.165) is 77.1 Å². The fourth-order valence-electron chi connectivity index (χ4n) is 4.53. The van der Waals surface area contributed by atoms with E-state index in [2.05, 4.69) is 16.0 Å². The number of piperidine rings is 1. The van der Waals surface area contributed by atoms with Crippen molar-refractivity contribution in [2.24, 2.45) is 11.3 Å². The summed E-state index contributed by atoms with van der Waals surface area (Å²) < 4.78 is 11.5. The van der Waals surface area contributed by atoms with Gasteiger partial charge >= 0.3 is 0 Å². The molecule has 0 saturated carbocycles. The Morgan fingerprint density at radius 1 is 1.24 bits per heavy atom. The number of rotatable bonds is 3. The fourth-order valence-corrected chi connectivity index (χ4v) is 4.53. The van der Waals surface area contributed by atoms with Crippen LogP contribution >= 0.6 is 0 Å². The van der Waals surface area contributed by atoms with Crippen LogP contribution in [-0.4, -0.2) is 54.8 Å². The molecule has 0 aromatic carbocycles. The van der Waals surface area contributed by atoms with Crippen LogP contribution in [0.2, 0.25) is 0 Å². The van der Waals surface area contributed by atoms with Crippen molar-refractivity contribution in [3.05, 3.63) is 30.1 Å². The zero-order valence-electron chi connectivity index (χ0n) is 14.9. The zero-order chi connectivity index (χ0) is 17.1. The third-order valence-corrected chi connectivity index (χ3v) is 6.16. The van der Waals surface area contributed by atoms with Gasteiger partial charge in [0.25, 0.3) is 0 Å². The average molecular weight is 344 g/mol. The van der Waals surface area contributed by atoms with Gasteiger partial charge < -0.3 is 14.4 Å². The van der Waals surface area contributed by atoms with E-state index >= 15 is 0 Å². The van der Waals surface area contributed by atoms with Crippen LogP contribution in [0.25, 0.3) is 0 Å². The van der Waals surface area contributed by atoms with Gasteiger partial charge in [-0.15, -0.1) is 0 Å². The van der Waals surface area contributed by atoms with E-state index in [4.69, 9.17) is 9.47 Å². The summed E-state index contributed by atoms with van der Waals surface area (Å²) in [5.74, 6) is 0.529. The molecule has 1 spiro atoms. The van der Waals surface area contributed by atoms with Gasteiger partial charge in [-0.1, -0.05) is 6.07 Å². The molecular weight excluding hydrogens is 316 g/mol. The first-order valence-corrected chi connectivity index (χ1v) is 9.62. The molecular formula is C20H28N2O3. The van der Waals surface area contributed by atoms with Crippen LogP contribution in [-0.2, 0) is 20.7 Å². The Labute approximate surface area is 149 Å². The van der Waals surface area contributed by atoms with Gasteiger partial charge in [0, 0.05) is 50.5 Å². The lowest BCUT2D eigenvalue weighted by Crippen LogP contribution is -2.46. The van der Waals surface area contributed by atoms with Crippen LogP contribution in [0.1, 0.15) is 37.8 Å². The Balaban J connectivity index is 1.29. The molecule has 136 valence electrons. The summed E-state index contributed by atoms with van der Waals surface area (Å²) in [5, 5.41) is 0. The maximum absolute atomic E-state index is 12.7. The number of ether oxygens (including phenoxy) is 2. The third-order valence-electron chi connectivity index (χ3n) is 6.16. The molecule has 3 aliphatic rings. The highest BCUT2D eigenvalue weighted by molar-refractivity contribution is 5.79. The largest absolute Gasteiger partial charge is 0.381 e. The van der Waals surface area contributed by atoms with Crippen LogP contribution in [0, 0.1) is 11.3 Å². The maximum atomic E-state index is 12.7. The number of amides is 1. The first-order valence-electron chi connectivity index (χ1n) is 9.62. The second-order valence-corrected chi connectivity index (χ2v) is 7.87. The molecule has 4 rings (SSSR count). The summed E-state index contributed by atoms with van der Waals surface area (Å²) in [7, 11) is 0. The third kappa shape index (κ3) is 3.87. The molecule has 0 radical (unpaired) electrons. The molecule has 1 atom stereocenters. The topological polar surface area (TPSA) is 51.7 Å². The molecule has 5 heteroatoms. The number of hydrogen-bond acceptors (Lipinski definition) is 4. The lowest BCUT2D eigenvalue weighted by atomic mass is 9.76. The number of hydrogen-bond donors (Lipinski definition) is 0. The second-order valence-electron chi connectivity index (χ2n) is 7.87. The van der Waals surface area contributed by atoms with E-state index in [0.29, 0.717) is 5.91 Å². The van der Waals surface area contributed by atoms with Crippen molar-refractivity contribution in [1.29, 1.82) is 0 Å². The fraction of sp³-hybridized carbons (Fsp3) is 0.700. The normalized spacial score (nSPS) is 26.9. The number of carbonyl (C=O) groups excluding carboxylic acids is 1. The summed E-state index contributed by atoms with van der Waals surface area (Å²) in [5.41, 5.74) is 1.38. The van der Waals surface area contributed by atoms with Crippen LogP contribution in [0.5, 0.6) is 0 Å². The minimum Gasteiger partial charge on any atom is -0.381 e. The van der Waals surface area contributed by atoms with E-state index in [1.807, 2.05) is 18.3 Å². The Bertz CT molecular complexity index is 578. The summed E-state index contributed by atoms with van der Waals surface area (Å²) in [6.45, 7) is 4.07. The molecule has 3 aliphatic heterocycles. The highest BCUT2D eigenvalue weighted by atomic mass is 16.5. The van der Waals surface area contributed by atoms with E-state index in [1.165, 1.54) is 0 Å². The smallest absolute Gasteiger partial charge is 0.225 e. The molecule has 0 unspecified atom stereocenters. The van der Waals surface area contributed by atoms with Crippen LogP contribution < -0.4 is 0 Å². The van der Waals surface area contributed by atoms with Crippen LogP contribution in [0.3, 0.4) is 0 Å². The predicted octanol–water partition coefficient (Wildman–Crippen LogP) is 2.45. The summed E-state index contributed by atoms with van der Waals surface area (Å²) in [4.78, 5) is 19.2. The Morgan fingerprint density at radius 2 is 2.04 bits per heavy atom. The minimum absolute atomic E-state index is 0.180. The first-order chi connectivity index (χ1) is 12.2. The number of likely N-dealkylation sites (tertiary alicyclic amines) is 1. The number of nitrogens with zero attached hydrogens (tertiary/aromatic N) is 2. The zero-order valence-corrected chi connectivity index (χ0v) is 14.9. The van der Waals surface area contributed by atoms with E-state index < -0.39 is 0 Å². The summed E-state index contributed by atoms with van der Waals surface area (Å²) >= 11 is 0. The molecule has 25 heavy (non-hydrogen) atoms. The summed E-state index contributed by atoms with van der Waals surface area (Å²) in [6.07, 6.45) is 8.02. The van der Waals surface area contributed by atoms with E-state index in [1.54, 1.807) is 0 Å². The number of pyridine rings is 1. The quantitative estimate of drug-likeness (QED) is 0.845. The van der Waals surface area contributed by atoms with Gasteiger partial charge in [-0.2, -0.15) is 0 Å². The Kier molecular flexibility index (Phi) is 5.04. The molecule has 1 aromatic rings. The van der Waals surface area contributed by atoms with Gasteiger partial charge in [-0.05, 0) is 49.7 Å². The van der Waals surface area contributed by atoms with Gasteiger partial charge in [0.15, 0.2) is 0 Å². The number of aromatic nitrogens is 1. The van der Waals surface area contributed by atoms with Gasteiger partial charge in [-0.25, -0.2) is 0 Å². The summed E-state index contributed by atoms with van der Waals surface area (Å²) in [6, 6.07) is 6.06. The molecule has 0 bridgehead atoms. The number of carbonyl (C=O) groups is 1. The van der Waals surface area contributed by atoms with Gasteiger partial charge in [0.05, 0.1) is 12.7 Å². The lowest BCUT2D eigenvalue weighted by Gasteiger charge is -2.40. The lowest BCUT2D eigenvalue weighted by molar-refractivity contribution is -0.140. The van der Waals surface area contributed by atoms with Crippen LogP contribution in [0.15, 0.2) is 24.4 Å². The standard InChI is InChI=1S/C20H28N2O3/c23-19(16-4-11-24-12-5-16)22-9-6-20(7-10-22)14-18(25-15-20)13-17-3-1-2-8-21-17/h1-3,8,16,18H,4-7,9-15H2/t18-/m1/s1. The molecule has 0 aliphatic carbocycles. The van der Waals surface area contributed by atoms with Crippen molar-refractivity contribution in [1.82, 2.24) is 9.88 Å². The molecule has 1 amide bonds. The van der Waals surface area contributed by atoms with Crippen molar-refractivity contribution in [3.63, 3.8) is 0 Å². The van der Waals surface area contributed by atoms with Crippen molar-refractivity contribution in [3.8, 4) is 0 Å². The monoisotopic (exact) mass is 344 g/mol. The SMILES string of the molecule is O=C(C1CCOCC1)N1CCC2(CC1)CO[C@H](Cc1ccccn1)C2. The highest BCUT2D eigenvalue weighted by Gasteiger charge is 2.43. The average Bonchev–Trinajstić information content (AvgIpc) is 3.05. The second kappa shape index (κ2) is 7.42. The Morgan fingerprint density at radius 3 is 2.76 bits per heavy atom. The maximum Gasteiger partial charge on any atom is 0.225 e.